The van der Waals surface area contributed by atoms with Crippen molar-refractivity contribution in [1.29, 1.82) is 10.5 Å². The van der Waals surface area contributed by atoms with Crippen LogP contribution in [0.3, 0.4) is 0 Å². The quantitative estimate of drug-likeness (QED) is 0.376. The fourth-order valence-corrected chi connectivity index (χ4v) is 4.98. The van der Waals surface area contributed by atoms with Crippen LogP contribution in [0, 0.1) is 22.7 Å². The van der Waals surface area contributed by atoms with Crippen LogP contribution in [-0.2, 0) is 0 Å². The molecule has 7 heteroatoms. The second-order valence-corrected chi connectivity index (χ2v) is 7.70. The molecule has 0 saturated carbocycles. The van der Waals surface area contributed by atoms with Gasteiger partial charge in [-0.3, -0.25) is 0 Å². The third kappa shape index (κ3) is 4.44. The van der Waals surface area contributed by atoms with Gasteiger partial charge < -0.3 is 15.2 Å². The number of hydrogen-bond acceptors (Lipinski definition) is 7. The van der Waals surface area contributed by atoms with E-state index in [0.717, 1.165) is 33.3 Å². The van der Waals surface area contributed by atoms with Gasteiger partial charge in [0.25, 0.3) is 0 Å². The maximum atomic E-state index is 9.65. The second-order valence-electron chi connectivity index (χ2n) is 5.54. The normalized spacial score (nSPS) is 10.1. The van der Waals surface area contributed by atoms with E-state index in [1.165, 1.54) is 26.0 Å². The first-order valence-electron chi connectivity index (χ1n) is 8.40. The fraction of sp³-hybridized carbons (Fsp3) is 0.300. The number of nitrogens with zero attached hydrogens (tertiary/aromatic N) is 2. The first-order chi connectivity index (χ1) is 13.1. The minimum absolute atomic E-state index is 0.175. The zero-order valence-electron chi connectivity index (χ0n) is 15.5. The summed E-state index contributed by atoms with van der Waals surface area (Å²) in [5.74, 6) is 1.65. The number of para-hydroxylation sites is 1. The van der Waals surface area contributed by atoms with Crippen molar-refractivity contribution in [3.8, 4) is 23.6 Å². The lowest BCUT2D eigenvalue weighted by Crippen LogP contribution is -2.02. The smallest absolute Gasteiger partial charge is 0.153 e. The highest BCUT2D eigenvalue weighted by Crippen LogP contribution is 2.51. The summed E-state index contributed by atoms with van der Waals surface area (Å²) in [7, 11) is 3.02. The Balaban J connectivity index is 2.75. The Labute approximate surface area is 168 Å². The summed E-state index contributed by atoms with van der Waals surface area (Å²) in [4.78, 5) is 2.39. The molecule has 2 aromatic rings. The summed E-state index contributed by atoms with van der Waals surface area (Å²) in [6, 6.07) is 11.7. The molecule has 0 bridgehead atoms. The van der Waals surface area contributed by atoms with Crippen LogP contribution in [-0.4, -0.2) is 20.0 Å². The molecule has 0 atom stereocenters. The van der Waals surface area contributed by atoms with Crippen LogP contribution in [0.25, 0.3) is 0 Å². The molecule has 0 aliphatic carbocycles. The third-order valence-electron chi connectivity index (χ3n) is 3.83. The number of nitriles is 2. The topological polar surface area (TPSA) is 92.1 Å². The lowest BCUT2D eigenvalue weighted by atomic mass is 10.1. The van der Waals surface area contributed by atoms with Crippen molar-refractivity contribution >= 4 is 29.2 Å². The monoisotopic (exact) mass is 399 g/mol. The Morgan fingerprint density at radius 2 is 1.59 bits per heavy atom. The van der Waals surface area contributed by atoms with Gasteiger partial charge in [0.2, 0.25) is 0 Å². The highest BCUT2D eigenvalue weighted by Gasteiger charge is 2.27. The van der Waals surface area contributed by atoms with E-state index in [0.29, 0.717) is 17.2 Å². The highest BCUT2D eigenvalue weighted by molar-refractivity contribution is 8.02. The zero-order chi connectivity index (χ0) is 19.8. The van der Waals surface area contributed by atoms with E-state index in [2.05, 4.69) is 19.1 Å². The van der Waals surface area contributed by atoms with E-state index in [9.17, 15) is 10.5 Å². The second kappa shape index (κ2) is 10.0. The lowest BCUT2D eigenvalue weighted by molar-refractivity contribution is 0.381. The molecule has 140 valence electrons. The maximum Gasteiger partial charge on any atom is 0.153 e. The molecule has 0 spiro atoms. The summed E-state index contributed by atoms with van der Waals surface area (Å²) in [5.41, 5.74) is 7.12. The predicted molar refractivity (Wildman–Crippen MR) is 110 cm³/mol. The molecule has 0 heterocycles. The minimum atomic E-state index is 0.175. The maximum absolute atomic E-state index is 9.65. The molecule has 0 saturated heterocycles. The van der Waals surface area contributed by atoms with Crippen LogP contribution in [0.1, 0.15) is 30.9 Å². The Kier molecular flexibility index (Phi) is 7.72. The minimum Gasteiger partial charge on any atom is -0.494 e. The predicted octanol–water partition coefficient (Wildman–Crippen LogP) is 5.07. The molecule has 2 rings (SSSR count). The van der Waals surface area contributed by atoms with E-state index in [1.807, 2.05) is 24.3 Å². The van der Waals surface area contributed by atoms with Crippen molar-refractivity contribution in [2.75, 3.05) is 25.7 Å². The molecule has 0 aliphatic heterocycles. The van der Waals surface area contributed by atoms with Crippen LogP contribution in [0.4, 0.5) is 5.69 Å². The van der Waals surface area contributed by atoms with Gasteiger partial charge in [-0.25, -0.2) is 0 Å². The molecule has 2 aromatic carbocycles. The van der Waals surface area contributed by atoms with E-state index < -0.39 is 0 Å². The number of benzene rings is 2. The first-order valence-corrected chi connectivity index (χ1v) is 10.2. The van der Waals surface area contributed by atoms with Gasteiger partial charge in [-0.1, -0.05) is 37.2 Å². The largest absolute Gasteiger partial charge is 0.494 e. The summed E-state index contributed by atoms with van der Waals surface area (Å²) in [6.45, 7) is 2.12. The van der Waals surface area contributed by atoms with Gasteiger partial charge in [0, 0.05) is 10.6 Å². The number of rotatable bonds is 8. The average Bonchev–Trinajstić information content (AvgIpc) is 2.69. The Morgan fingerprint density at radius 3 is 2.11 bits per heavy atom. The lowest BCUT2D eigenvalue weighted by Gasteiger charge is -2.20. The third-order valence-corrected chi connectivity index (χ3v) is 6.32. The molecule has 0 fully saturated rings. The van der Waals surface area contributed by atoms with Gasteiger partial charge in [-0.05, 0) is 24.3 Å². The molecule has 0 aromatic heterocycles. The van der Waals surface area contributed by atoms with Crippen molar-refractivity contribution in [1.82, 2.24) is 0 Å². The van der Waals surface area contributed by atoms with Gasteiger partial charge in [0.1, 0.15) is 23.3 Å². The molecular weight excluding hydrogens is 378 g/mol. The van der Waals surface area contributed by atoms with Crippen molar-refractivity contribution in [2.24, 2.45) is 0 Å². The standard InChI is InChI=1S/C20H21N3O2S2/c1-4-5-10-26-19-17(24-2)13(11-21)14(12-22)18(25-3)20(19)27-16-9-7-6-8-15(16)23/h6-9H,4-5,10,23H2,1-3H3. The number of anilines is 1. The fourth-order valence-electron chi connectivity index (χ4n) is 2.49. The number of nitrogen functional groups attached to an aromatic ring is 1. The van der Waals surface area contributed by atoms with Crippen molar-refractivity contribution in [2.45, 2.75) is 34.5 Å². The average molecular weight is 400 g/mol. The Bertz CT molecular complexity index is 902. The molecular formula is C20H21N3O2S2. The Morgan fingerprint density at radius 1 is 1.00 bits per heavy atom. The molecule has 27 heavy (non-hydrogen) atoms. The summed E-state index contributed by atoms with van der Waals surface area (Å²) in [5, 5.41) is 19.3. The molecule has 0 radical (unpaired) electrons. The number of hydrogen-bond donors (Lipinski definition) is 1. The van der Waals surface area contributed by atoms with Crippen molar-refractivity contribution < 1.29 is 9.47 Å². The van der Waals surface area contributed by atoms with Gasteiger partial charge in [-0.2, -0.15) is 10.5 Å². The Hall–Kier alpha value is -2.48. The summed E-state index contributed by atoms with van der Waals surface area (Å²) in [6.07, 6.45) is 2.08. The zero-order valence-corrected chi connectivity index (χ0v) is 17.2. The molecule has 5 nitrogen and oxygen atoms in total. The molecule has 0 amide bonds. The van der Waals surface area contributed by atoms with Crippen LogP contribution in [0.5, 0.6) is 11.5 Å². The van der Waals surface area contributed by atoms with Crippen molar-refractivity contribution in [3.05, 3.63) is 35.4 Å². The number of ether oxygens (including phenoxy) is 2. The van der Waals surface area contributed by atoms with Crippen LogP contribution >= 0.6 is 23.5 Å². The van der Waals surface area contributed by atoms with Gasteiger partial charge in [-0.15, -0.1) is 11.8 Å². The number of unbranched alkanes of at least 4 members (excludes halogenated alkanes) is 1. The number of thioether (sulfide) groups is 1. The number of nitrogens with two attached hydrogens (primary N) is 1. The van der Waals surface area contributed by atoms with Crippen LogP contribution in [0.2, 0.25) is 0 Å². The summed E-state index contributed by atoms with van der Waals surface area (Å²) < 4.78 is 11.1. The SMILES string of the molecule is CCCCSc1c(OC)c(C#N)c(C#N)c(OC)c1Sc1ccccc1N. The molecule has 0 unspecified atom stereocenters. The van der Waals surface area contributed by atoms with E-state index in [-0.39, 0.29) is 11.1 Å². The van der Waals surface area contributed by atoms with E-state index >= 15 is 0 Å². The number of methoxy groups -OCH3 is 2. The summed E-state index contributed by atoms with van der Waals surface area (Å²) >= 11 is 3.02. The van der Waals surface area contributed by atoms with Gasteiger partial charge in [0.15, 0.2) is 11.5 Å². The van der Waals surface area contributed by atoms with Gasteiger partial charge >= 0.3 is 0 Å². The van der Waals surface area contributed by atoms with Crippen LogP contribution < -0.4 is 15.2 Å². The van der Waals surface area contributed by atoms with Gasteiger partial charge in [0.05, 0.1) is 24.0 Å². The molecule has 2 N–H and O–H groups in total. The molecule has 0 aliphatic rings. The first kappa shape index (κ1) is 20.8. The van der Waals surface area contributed by atoms with E-state index in [4.69, 9.17) is 15.2 Å². The van der Waals surface area contributed by atoms with E-state index in [1.54, 1.807) is 11.8 Å². The van der Waals surface area contributed by atoms with Crippen molar-refractivity contribution in [3.63, 3.8) is 0 Å². The van der Waals surface area contributed by atoms with Crippen LogP contribution in [0.15, 0.2) is 39.0 Å². The highest BCUT2D eigenvalue weighted by atomic mass is 32.2.